The number of rotatable bonds is 4. The van der Waals surface area contributed by atoms with Crippen LogP contribution in [-0.2, 0) is 12.8 Å². The van der Waals surface area contributed by atoms with E-state index in [4.69, 9.17) is 23.2 Å². The molecule has 0 bridgehead atoms. The fourth-order valence-electron chi connectivity index (χ4n) is 2.52. The van der Waals surface area contributed by atoms with Gasteiger partial charge in [0.25, 0.3) is 0 Å². The maximum absolute atomic E-state index is 6.65. The van der Waals surface area contributed by atoms with Gasteiger partial charge >= 0.3 is 0 Å². The molecule has 0 radical (unpaired) electrons. The van der Waals surface area contributed by atoms with Crippen LogP contribution in [-0.4, -0.2) is 0 Å². The highest BCUT2D eigenvalue weighted by molar-refractivity contribution is 6.33. The number of benzene rings is 2. The van der Waals surface area contributed by atoms with Crippen molar-refractivity contribution in [3.05, 3.63) is 69.2 Å². The second kappa shape index (κ2) is 6.65. The molecule has 2 heteroatoms. The number of alkyl halides is 1. The Hall–Kier alpha value is -0.980. The summed E-state index contributed by atoms with van der Waals surface area (Å²) in [6.07, 6.45) is 2.09. The zero-order valence-electron chi connectivity index (χ0n) is 12.2. The fraction of sp³-hybridized carbons (Fsp3) is 0.333. The van der Waals surface area contributed by atoms with Gasteiger partial charge in [0.15, 0.2) is 0 Å². The smallest absolute Gasteiger partial charge is 0.0850 e. The molecule has 0 nitrogen and oxygen atoms in total. The van der Waals surface area contributed by atoms with Crippen LogP contribution in [0.15, 0.2) is 36.4 Å². The summed E-state index contributed by atoms with van der Waals surface area (Å²) in [4.78, 5) is 0. The van der Waals surface area contributed by atoms with Gasteiger partial charge in [-0.2, -0.15) is 0 Å². The zero-order valence-corrected chi connectivity index (χ0v) is 13.7. The minimum atomic E-state index is -0.196. The van der Waals surface area contributed by atoms with Crippen molar-refractivity contribution < 1.29 is 0 Å². The van der Waals surface area contributed by atoms with E-state index in [0.717, 1.165) is 34.6 Å². The summed E-state index contributed by atoms with van der Waals surface area (Å²) in [7, 11) is 0. The number of halogens is 2. The van der Waals surface area contributed by atoms with Crippen molar-refractivity contribution >= 4 is 23.2 Å². The molecule has 1 unspecified atom stereocenters. The maximum Gasteiger partial charge on any atom is 0.0850 e. The van der Waals surface area contributed by atoms with E-state index < -0.39 is 0 Å². The molecule has 106 valence electrons. The maximum atomic E-state index is 6.65. The Morgan fingerprint density at radius 1 is 1.00 bits per heavy atom. The summed E-state index contributed by atoms with van der Waals surface area (Å²) >= 11 is 13.0. The molecule has 20 heavy (non-hydrogen) atoms. The molecule has 0 fully saturated rings. The van der Waals surface area contributed by atoms with Crippen molar-refractivity contribution in [3.8, 4) is 0 Å². The molecule has 0 spiro atoms. The molecule has 1 atom stereocenters. The zero-order chi connectivity index (χ0) is 14.7. The lowest BCUT2D eigenvalue weighted by Crippen LogP contribution is -1.99. The van der Waals surface area contributed by atoms with Crippen molar-refractivity contribution in [3.63, 3.8) is 0 Å². The predicted molar refractivity (Wildman–Crippen MR) is 89.1 cm³/mol. The molecule has 0 aliphatic heterocycles. The Kier molecular flexibility index (Phi) is 5.12. The van der Waals surface area contributed by atoms with Crippen LogP contribution in [0.1, 0.15) is 47.0 Å². The first-order valence-corrected chi connectivity index (χ1v) is 7.90. The normalized spacial score (nSPS) is 12.4. The Bertz CT molecular complexity index is 602. The van der Waals surface area contributed by atoms with Crippen LogP contribution in [0, 0.1) is 6.92 Å². The van der Waals surface area contributed by atoms with Gasteiger partial charge in [-0.25, -0.2) is 0 Å². The van der Waals surface area contributed by atoms with E-state index in [9.17, 15) is 0 Å². The van der Waals surface area contributed by atoms with Crippen LogP contribution in [0.3, 0.4) is 0 Å². The average Bonchev–Trinajstić information content (AvgIpc) is 2.48. The molecule has 2 aromatic rings. The number of aryl methyl sites for hydroxylation is 3. The third-order valence-corrected chi connectivity index (χ3v) is 4.78. The molecule has 0 saturated heterocycles. The summed E-state index contributed by atoms with van der Waals surface area (Å²) in [6, 6.07) is 12.5. The van der Waals surface area contributed by atoms with E-state index in [1.54, 1.807) is 0 Å². The van der Waals surface area contributed by atoms with Gasteiger partial charge in [-0.1, -0.05) is 61.8 Å². The van der Waals surface area contributed by atoms with E-state index in [1.165, 1.54) is 11.1 Å². The predicted octanol–water partition coefficient (Wildman–Crippen LogP) is 6.10. The monoisotopic (exact) mass is 306 g/mol. The summed E-state index contributed by atoms with van der Waals surface area (Å²) in [5.41, 5.74) is 5.94. The molecule has 0 aliphatic rings. The van der Waals surface area contributed by atoms with Gasteiger partial charge in [-0.3, -0.25) is 0 Å². The lowest BCUT2D eigenvalue weighted by molar-refractivity contribution is 1.02. The molecule has 0 saturated carbocycles. The van der Waals surface area contributed by atoms with Crippen molar-refractivity contribution in [2.24, 2.45) is 0 Å². The molecule has 0 aliphatic carbocycles. The second-order valence-electron chi connectivity index (χ2n) is 5.08. The SMILES string of the molecule is CCc1ccc(C(Cl)c2cccc(C)c2Cl)cc1CC. The van der Waals surface area contributed by atoms with Crippen molar-refractivity contribution in [2.75, 3.05) is 0 Å². The van der Waals surface area contributed by atoms with Crippen LogP contribution in [0.25, 0.3) is 0 Å². The standard InChI is InChI=1S/C18H20Cl2/c1-4-13-9-10-15(11-14(13)5-2)18(20)16-8-6-7-12(3)17(16)19/h6-11,18H,4-5H2,1-3H3. The summed E-state index contributed by atoms with van der Waals surface area (Å²) in [5, 5.41) is 0.573. The molecule has 0 aromatic heterocycles. The van der Waals surface area contributed by atoms with Gasteiger partial charge in [0, 0.05) is 5.02 Å². The Balaban J connectivity index is 2.43. The van der Waals surface area contributed by atoms with Gasteiger partial charge < -0.3 is 0 Å². The topological polar surface area (TPSA) is 0 Å². The van der Waals surface area contributed by atoms with Crippen molar-refractivity contribution in [2.45, 2.75) is 39.0 Å². The lowest BCUT2D eigenvalue weighted by Gasteiger charge is -2.16. The summed E-state index contributed by atoms with van der Waals surface area (Å²) in [6.45, 7) is 6.37. The molecule has 2 aromatic carbocycles. The van der Waals surface area contributed by atoms with Gasteiger partial charge in [0.1, 0.15) is 0 Å². The van der Waals surface area contributed by atoms with Crippen molar-refractivity contribution in [1.82, 2.24) is 0 Å². The van der Waals surface area contributed by atoms with Crippen LogP contribution >= 0.6 is 23.2 Å². The molecular weight excluding hydrogens is 287 g/mol. The van der Waals surface area contributed by atoms with E-state index in [-0.39, 0.29) is 5.38 Å². The van der Waals surface area contributed by atoms with E-state index in [0.29, 0.717) is 0 Å². The number of hydrogen-bond donors (Lipinski definition) is 0. The highest BCUT2D eigenvalue weighted by Gasteiger charge is 2.16. The lowest BCUT2D eigenvalue weighted by atomic mass is 9.96. The van der Waals surface area contributed by atoms with E-state index in [2.05, 4.69) is 32.0 Å². The minimum absolute atomic E-state index is 0.196. The molecule has 0 heterocycles. The van der Waals surface area contributed by atoms with Gasteiger partial charge in [0.05, 0.1) is 5.38 Å². The van der Waals surface area contributed by atoms with E-state index in [1.807, 2.05) is 25.1 Å². The third kappa shape index (κ3) is 3.02. The Labute approximate surface area is 131 Å². The first-order chi connectivity index (χ1) is 9.58. The second-order valence-corrected chi connectivity index (χ2v) is 5.89. The van der Waals surface area contributed by atoms with Crippen LogP contribution in [0.2, 0.25) is 5.02 Å². The minimum Gasteiger partial charge on any atom is -0.113 e. The average molecular weight is 307 g/mol. The van der Waals surface area contributed by atoms with Gasteiger partial charge in [0.2, 0.25) is 0 Å². The Morgan fingerprint density at radius 3 is 2.35 bits per heavy atom. The molecule has 0 N–H and O–H groups in total. The van der Waals surface area contributed by atoms with Crippen LogP contribution in [0.5, 0.6) is 0 Å². The van der Waals surface area contributed by atoms with Gasteiger partial charge in [-0.05, 0) is 47.6 Å². The Morgan fingerprint density at radius 2 is 1.70 bits per heavy atom. The van der Waals surface area contributed by atoms with E-state index >= 15 is 0 Å². The molecular formula is C18H20Cl2. The summed E-state index contributed by atoms with van der Waals surface area (Å²) in [5.74, 6) is 0. The summed E-state index contributed by atoms with van der Waals surface area (Å²) < 4.78 is 0. The molecule has 0 amide bonds. The first-order valence-electron chi connectivity index (χ1n) is 7.09. The first kappa shape index (κ1) is 15.4. The molecule has 2 rings (SSSR count). The fourth-order valence-corrected chi connectivity index (χ4v) is 3.13. The third-order valence-electron chi connectivity index (χ3n) is 3.78. The van der Waals surface area contributed by atoms with Crippen molar-refractivity contribution in [1.29, 1.82) is 0 Å². The largest absolute Gasteiger partial charge is 0.113 e. The van der Waals surface area contributed by atoms with Crippen LogP contribution in [0.4, 0.5) is 0 Å². The van der Waals surface area contributed by atoms with Gasteiger partial charge in [-0.15, -0.1) is 11.6 Å². The van der Waals surface area contributed by atoms with Crippen LogP contribution < -0.4 is 0 Å². The highest BCUT2D eigenvalue weighted by atomic mass is 35.5. The quantitative estimate of drug-likeness (QED) is 0.598. The number of hydrogen-bond acceptors (Lipinski definition) is 0. The highest BCUT2D eigenvalue weighted by Crippen LogP contribution is 2.35.